The van der Waals surface area contributed by atoms with Crippen LogP contribution in [0.1, 0.15) is 34.5 Å². The second-order valence-electron chi connectivity index (χ2n) is 8.52. The summed E-state index contributed by atoms with van der Waals surface area (Å²) in [4.78, 5) is 32.5. The Kier molecular flexibility index (Phi) is 6.99. The van der Waals surface area contributed by atoms with E-state index in [1.54, 1.807) is 11.8 Å². The molecule has 0 saturated carbocycles. The van der Waals surface area contributed by atoms with Gasteiger partial charge in [-0.25, -0.2) is 9.78 Å². The summed E-state index contributed by atoms with van der Waals surface area (Å²) in [5, 5.41) is 5.91. The largest absolute Gasteiger partial charge is 0.348 e. The number of nitrogens with zero attached hydrogens (tertiary/aromatic N) is 3. The van der Waals surface area contributed by atoms with E-state index in [4.69, 9.17) is 0 Å². The molecule has 0 aliphatic carbocycles. The summed E-state index contributed by atoms with van der Waals surface area (Å²) in [5.74, 6) is 0.631. The van der Waals surface area contributed by atoms with Gasteiger partial charge in [-0.15, -0.1) is 11.8 Å². The maximum absolute atomic E-state index is 12.6. The van der Waals surface area contributed by atoms with Gasteiger partial charge in [0.25, 0.3) is 5.91 Å². The smallest absolute Gasteiger partial charge is 0.321 e. The number of thioether (sulfide) groups is 1. The molecule has 0 bridgehead atoms. The third-order valence-corrected chi connectivity index (χ3v) is 6.99. The van der Waals surface area contributed by atoms with E-state index in [0.29, 0.717) is 12.1 Å². The van der Waals surface area contributed by atoms with Gasteiger partial charge in [0, 0.05) is 53.9 Å². The zero-order chi connectivity index (χ0) is 24.0. The molecule has 0 unspecified atom stereocenters. The van der Waals surface area contributed by atoms with Gasteiger partial charge in [-0.05, 0) is 66.9 Å². The zero-order valence-corrected chi connectivity index (χ0v) is 20.1. The Morgan fingerprint density at radius 3 is 2.60 bits per heavy atom. The van der Waals surface area contributed by atoms with Crippen molar-refractivity contribution in [1.82, 2.24) is 19.6 Å². The lowest BCUT2D eigenvalue weighted by molar-refractivity contribution is 0.0951. The fraction of sp³-hybridized carbons (Fsp3) is 0.222. The lowest BCUT2D eigenvalue weighted by Crippen LogP contribution is -2.32. The molecule has 7 nitrogen and oxygen atoms in total. The number of hydrogen-bond donors (Lipinski definition) is 2. The van der Waals surface area contributed by atoms with Crippen LogP contribution in [0.3, 0.4) is 0 Å². The van der Waals surface area contributed by atoms with Crippen molar-refractivity contribution in [2.75, 3.05) is 18.4 Å². The van der Waals surface area contributed by atoms with Gasteiger partial charge >= 0.3 is 6.03 Å². The average molecular weight is 486 g/mol. The molecule has 2 N–H and O–H groups in total. The third kappa shape index (κ3) is 5.84. The third-order valence-electron chi connectivity index (χ3n) is 5.94. The van der Waals surface area contributed by atoms with Gasteiger partial charge in [0.15, 0.2) is 0 Å². The fourth-order valence-corrected chi connectivity index (χ4v) is 4.86. The summed E-state index contributed by atoms with van der Waals surface area (Å²) in [6.07, 6.45) is 6.14. The molecule has 3 heterocycles. The molecule has 0 atom stereocenters. The first-order chi connectivity index (χ1) is 17.1. The maximum atomic E-state index is 12.6. The fourth-order valence-electron chi connectivity index (χ4n) is 4.08. The van der Waals surface area contributed by atoms with Gasteiger partial charge in [-0.1, -0.05) is 18.2 Å². The highest BCUT2D eigenvalue weighted by molar-refractivity contribution is 7.98. The normalized spacial score (nSPS) is 13.2. The van der Waals surface area contributed by atoms with Gasteiger partial charge in [0.1, 0.15) is 5.65 Å². The number of carbonyl (C=O) groups is 2. The average Bonchev–Trinajstić information content (AvgIpc) is 3.57. The molecule has 8 heteroatoms. The molecule has 35 heavy (non-hydrogen) atoms. The summed E-state index contributed by atoms with van der Waals surface area (Å²) in [5.41, 5.74) is 4.23. The minimum atomic E-state index is -0.131. The molecule has 1 aliphatic rings. The van der Waals surface area contributed by atoms with Crippen molar-refractivity contribution in [1.29, 1.82) is 0 Å². The highest BCUT2D eigenvalue weighted by Gasteiger charge is 2.17. The van der Waals surface area contributed by atoms with Crippen LogP contribution in [0.4, 0.5) is 10.5 Å². The number of hydrogen-bond acceptors (Lipinski definition) is 4. The number of benzene rings is 2. The Hall–Kier alpha value is -3.78. The molecule has 1 aliphatic heterocycles. The number of aromatic nitrogens is 2. The van der Waals surface area contributed by atoms with Gasteiger partial charge in [0.05, 0.1) is 5.69 Å². The van der Waals surface area contributed by atoms with Crippen molar-refractivity contribution in [2.24, 2.45) is 0 Å². The van der Waals surface area contributed by atoms with E-state index in [-0.39, 0.29) is 11.9 Å². The summed E-state index contributed by atoms with van der Waals surface area (Å²) >= 11 is 1.69. The first kappa shape index (κ1) is 23.0. The van der Waals surface area contributed by atoms with Crippen LogP contribution in [0.2, 0.25) is 0 Å². The Bertz CT molecular complexity index is 1300. The molecule has 2 aromatic heterocycles. The number of likely N-dealkylation sites (tertiary alicyclic amines) is 1. The van der Waals surface area contributed by atoms with Gasteiger partial charge in [-0.2, -0.15) is 0 Å². The number of rotatable bonds is 7. The minimum Gasteiger partial charge on any atom is -0.348 e. The van der Waals surface area contributed by atoms with Crippen LogP contribution in [0, 0.1) is 0 Å². The lowest BCUT2D eigenvalue weighted by atomic mass is 10.1. The SMILES string of the molecule is O=C(NCc1cccc(NC(=O)N2CCCC2)c1)c1ccc(SCc2cn3ccccc3n2)cc1. The molecule has 2 aromatic carbocycles. The number of urea groups is 1. The molecule has 4 aromatic rings. The van der Waals surface area contributed by atoms with Crippen LogP contribution < -0.4 is 10.6 Å². The number of carbonyl (C=O) groups excluding carboxylic acids is 2. The molecule has 5 rings (SSSR count). The zero-order valence-electron chi connectivity index (χ0n) is 19.3. The van der Waals surface area contributed by atoms with Crippen LogP contribution >= 0.6 is 11.8 Å². The number of imidazole rings is 1. The Labute approximate surface area is 208 Å². The monoisotopic (exact) mass is 485 g/mol. The molecule has 0 radical (unpaired) electrons. The highest BCUT2D eigenvalue weighted by Crippen LogP contribution is 2.23. The van der Waals surface area contributed by atoms with E-state index in [1.165, 1.54) is 0 Å². The standard InChI is InChI=1S/C27H27N5O2S/c33-26(28-17-20-6-5-7-22(16-20)30-27(34)31-13-3-4-14-31)21-9-11-24(12-10-21)35-19-23-18-32-15-2-1-8-25(32)29-23/h1-2,5-12,15-16,18H,3-4,13-14,17,19H2,(H,28,33)(H,30,34). The second kappa shape index (κ2) is 10.7. The van der Waals surface area contributed by atoms with E-state index < -0.39 is 0 Å². The molecule has 1 fully saturated rings. The van der Waals surface area contributed by atoms with E-state index in [9.17, 15) is 9.59 Å². The predicted octanol–water partition coefficient (Wildman–Crippen LogP) is 5.18. The predicted molar refractivity (Wildman–Crippen MR) is 139 cm³/mol. The number of fused-ring (bicyclic) bond motifs is 1. The molecule has 0 spiro atoms. The Balaban J connectivity index is 1.12. The van der Waals surface area contributed by atoms with Crippen molar-refractivity contribution >= 4 is 35.0 Å². The van der Waals surface area contributed by atoms with E-state index in [2.05, 4.69) is 15.6 Å². The number of anilines is 1. The Morgan fingerprint density at radius 2 is 1.80 bits per heavy atom. The molecule has 1 saturated heterocycles. The maximum Gasteiger partial charge on any atom is 0.321 e. The van der Waals surface area contributed by atoms with E-state index >= 15 is 0 Å². The van der Waals surface area contributed by atoms with Crippen LogP contribution in [-0.4, -0.2) is 39.3 Å². The lowest BCUT2D eigenvalue weighted by Gasteiger charge is -2.16. The summed E-state index contributed by atoms with van der Waals surface area (Å²) in [6.45, 7) is 2.00. The van der Waals surface area contributed by atoms with Gasteiger partial charge in [0.2, 0.25) is 0 Å². The Morgan fingerprint density at radius 1 is 0.971 bits per heavy atom. The van der Waals surface area contributed by atoms with Crippen molar-refractivity contribution in [3.63, 3.8) is 0 Å². The van der Waals surface area contributed by atoms with Crippen molar-refractivity contribution < 1.29 is 9.59 Å². The molecule has 178 valence electrons. The minimum absolute atomic E-state index is 0.0668. The first-order valence-electron chi connectivity index (χ1n) is 11.7. The second-order valence-corrected chi connectivity index (χ2v) is 9.57. The number of amides is 3. The topological polar surface area (TPSA) is 78.7 Å². The first-order valence-corrected chi connectivity index (χ1v) is 12.7. The van der Waals surface area contributed by atoms with E-state index in [0.717, 1.165) is 59.2 Å². The molecular weight excluding hydrogens is 458 g/mol. The molecule has 3 amide bonds. The van der Waals surface area contributed by atoms with Crippen LogP contribution in [0.15, 0.2) is 84.0 Å². The van der Waals surface area contributed by atoms with Gasteiger partial charge < -0.3 is 19.9 Å². The molecular formula is C27H27N5O2S. The summed E-state index contributed by atoms with van der Waals surface area (Å²) in [6, 6.07) is 21.1. The number of pyridine rings is 1. The van der Waals surface area contributed by atoms with Crippen molar-refractivity contribution in [2.45, 2.75) is 30.0 Å². The van der Waals surface area contributed by atoms with Crippen molar-refractivity contribution in [3.8, 4) is 0 Å². The number of nitrogens with one attached hydrogen (secondary N) is 2. The quantitative estimate of drug-likeness (QED) is 0.354. The van der Waals surface area contributed by atoms with Crippen LogP contribution in [-0.2, 0) is 12.3 Å². The summed E-state index contributed by atoms with van der Waals surface area (Å²) in [7, 11) is 0. The van der Waals surface area contributed by atoms with E-state index in [1.807, 2.05) is 88.4 Å². The highest BCUT2D eigenvalue weighted by atomic mass is 32.2. The summed E-state index contributed by atoms with van der Waals surface area (Å²) < 4.78 is 2.01. The van der Waals surface area contributed by atoms with Crippen molar-refractivity contribution in [3.05, 3.63) is 95.9 Å². The van der Waals surface area contributed by atoms with Gasteiger partial charge in [-0.3, -0.25) is 4.79 Å². The van der Waals surface area contributed by atoms with Crippen LogP contribution in [0.25, 0.3) is 5.65 Å². The van der Waals surface area contributed by atoms with Crippen LogP contribution in [0.5, 0.6) is 0 Å².